The van der Waals surface area contributed by atoms with Gasteiger partial charge >= 0.3 is 5.97 Å². The molecule has 2 aliphatic rings. The number of benzene rings is 2. The quantitative estimate of drug-likeness (QED) is 0.207. The molecule has 246 valence electrons. The van der Waals surface area contributed by atoms with Gasteiger partial charge in [-0.25, -0.2) is 9.97 Å². The van der Waals surface area contributed by atoms with Crippen molar-refractivity contribution in [2.24, 2.45) is 0 Å². The van der Waals surface area contributed by atoms with Crippen LogP contribution in [0.25, 0.3) is 0 Å². The van der Waals surface area contributed by atoms with E-state index in [0.29, 0.717) is 19.4 Å². The summed E-state index contributed by atoms with van der Waals surface area (Å²) >= 11 is 0. The summed E-state index contributed by atoms with van der Waals surface area (Å²) in [6, 6.07) is 17.7. The highest BCUT2D eigenvalue weighted by atomic mass is 16.7. The number of nitrogens with one attached hydrogen (secondary N) is 1. The summed E-state index contributed by atoms with van der Waals surface area (Å²) in [4.78, 5) is 36.3. The predicted octanol–water partition coefficient (Wildman–Crippen LogP) is 4.38. The number of amides is 1. The van der Waals surface area contributed by atoms with Crippen LogP contribution in [0.5, 0.6) is 0 Å². The molecule has 1 amide bonds. The standard InChI is InChI=1S/C35H45N5O6/c41-25-27-10-12-28(13-11-27)31-22-30(24-39-18-20-40(21-19-39)35-36-16-5-17-37-35)45-34(46-31)29-14-8-26(9-15-29)23-38-32(42)6-3-1-2-4-7-33(43)44/h5,8-17,30-31,34,41H,1-4,6-7,18-25H2,(H,38,42)(H,43,44)/t30-,31+,34+/m0/s1. The number of carbonyl (C=O) groups excluding carboxylic acids is 1. The molecular weight excluding hydrogens is 586 g/mol. The molecule has 11 heteroatoms. The van der Waals surface area contributed by atoms with Crippen LogP contribution >= 0.6 is 0 Å². The minimum absolute atomic E-state index is 0.00155. The summed E-state index contributed by atoms with van der Waals surface area (Å²) in [5.74, 6) is -0.0108. The number of carboxylic acids is 1. The number of unbranched alkanes of at least 4 members (excludes halogenated alkanes) is 3. The number of hydrogen-bond acceptors (Lipinski definition) is 9. The van der Waals surface area contributed by atoms with E-state index in [-0.39, 0.29) is 31.1 Å². The number of ether oxygens (including phenoxy) is 2. The van der Waals surface area contributed by atoms with Gasteiger partial charge in [0.15, 0.2) is 6.29 Å². The molecule has 2 aliphatic heterocycles. The van der Waals surface area contributed by atoms with E-state index in [1.165, 1.54) is 0 Å². The van der Waals surface area contributed by atoms with Gasteiger partial charge in [-0.05, 0) is 35.6 Å². The molecule has 0 aliphatic carbocycles. The fraction of sp³-hybridized carbons (Fsp3) is 0.486. The van der Waals surface area contributed by atoms with Crippen LogP contribution in [0.3, 0.4) is 0 Å². The molecule has 11 nitrogen and oxygen atoms in total. The van der Waals surface area contributed by atoms with Crippen molar-refractivity contribution in [2.75, 3.05) is 37.6 Å². The number of aliphatic hydroxyl groups is 1. The van der Waals surface area contributed by atoms with E-state index in [2.05, 4.69) is 25.1 Å². The van der Waals surface area contributed by atoms with Crippen LogP contribution in [0, 0.1) is 0 Å². The molecule has 3 N–H and O–H groups in total. The molecule has 2 aromatic carbocycles. The number of aliphatic hydroxyl groups excluding tert-OH is 1. The fourth-order valence-electron chi connectivity index (χ4n) is 5.90. The second-order valence-corrected chi connectivity index (χ2v) is 12.0. The molecule has 0 bridgehead atoms. The first kappa shape index (κ1) is 33.5. The maximum absolute atomic E-state index is 12.3. The Morgan fingerprint density at radius 1 is 0.826 bits per heavy atom. The largest absolute Gasteiger partial charge is 0.481 e. The number of piperazine rings is 1. The molecule has 3 atom stereocenters. The van der Waals surface area contributed by atoms with E-state index in [1.807, 2.05) is 54.6 Å². The second kappa shape index (κ2) is 17.1. The predicted molar refractivity (Wildman–Crippen MR) is 173 cm³/mol. The first-order chi connectivity index (χ1) is 22.5. The average molecular weight is 632 g/mol. The Hall–Kier alpha value is -3.90. The van der Waals surface area contributed by atoms with E-state index < -0.39 is 12.3 Å². The lowest BCUT2D eigenvalue weighted by Gasteiger charge is -2.40. The zero-order valence-electron chi connectivity index (χ0n) is 26.3. The lowest BCUT2D eigenvalue weighted by Crippen LogP contribution is -2.50. The number of aromatic nitrogens is 2. The van der Waals surface area contributed by atoms with Gasteiger partial charge in [0.05, 0.1) is 18.8 Å². The van der Waals surface area contributed by atoms with Crippen LogP contribution in [0.1, 0.15) is 79.6 Å². The maximum atomic E-state index is 12.3. The molecule has 46 heavy (non-hydrogen) atoms. The normalized spacial score (nSPS) is 20.4. The number of nitrogens with zero attached hydrogens (tertiary/aromatic N) is 4. The minimum atomic E-state index is -0.775. The van der Waals surface area contributed by atoms with Crippen molar-refractivity contribution in [3.63, 3.8) is 0 Å². The number of hydrogen-bond donors (Lipinski definition) is 3. The zero-order chi connectivity index (χ0) is 32.1. The zero-order valence-corrected chi connectivity index (χ0v) is 26.3. The van der Waals surface area contributed by atoms with Crippen molar-refractivity contribution < 1.29 is 29.3 Å². The fourth-order valence-corrected chi connectivity index (χ4v) is 5.90. The summed E-state index contributed by atoms with van der Waals surface area (Å²) in [5, 5.41) is 21.2. The van der Waals surface area contributed by atoms with Crippen LogP contribution in [-0.4, -0.2) is 75.8 Å². The molecule has 3 heterocycles. The second-order valence-electron chi connectivity index (χ2n) is 12.0. The maximum Gasteiger partial charge on any atom is 0.303 e. The van der Waals surface area contributed by atoms with Gasteiger partial charge in [0.2, 0.25) is 11.9 Å². The third kappa shape index (κ3) is 10.1. The monoisotopic (exact) mass is 631 g/mol. The Kier molecular flexibility index (Phi) is 12.5. The van der Waals surface area contributed by atoms with Crippen LogP contribution in [0.4, 0.5) is 5.95 Å². The number of anilines is 1. The first-order valence-corrected chi connectivity index (χ1v) is 16.3. The van der Waals surface area contributed by atoms with Gasteiger partial charge in [-0.2, -0.15) is 0 Å². The van der Waals surface area contributed by atoms with Crippen molar-refractivity contribution in [1.82, 2.24) is 20.2 Å². The summed E-state index contributed by atoms with van der Waals surface area (Å²) in [7, 11) is 0. The smallest absolute Gasteiger partial charge is 0.303 e. The summed E-state index contributed by atoms with van der Waals surface area (Å²) < 4.78 is 13.1. The topological polar surface area (TPSA) is 137 Å². The molecule has 5 rings (SSSR count). The van der Waals surface area contributed by atoms with Crippen LogP contribution in [0.2, 0.25) is 0 Å². The van der Waals surface area contributed by atoms with Crippen molar-refractivity contribution >= 4 is 17.8 Å². The van der Waals surface area contributed by atoms with E-state index in [0.717, 1.165) is 86.6 Å². The highest BCUT2D eigenvalue weighted by molar-refractivity contribution is 5.75. The van der Waals surface area contributed by atoms with Gasteiger partial charge in [0.25, 0.3) is 0 Å². The van der Waals surface area contributed by atoms with Crippen LogP contribution in [0.15, 0.2) is 67.0 Å². The van der Waals surface area contributed by atoms with Gasteiger partial charge in [-0.15, -0.1) is 0 Å². The first-order valence-electron chi connectivity index (χ1n) is 16.3. The van der Waals surface area contributed by atoms with E-state index in [4.69, 9.17) is 14.6 Å². The minimum Gasteiger partial charge on any atom is -0.481 e. The third-order valence-electron chi connectivity index (χ3n) is 8.57. The summed E-state index contributed by atoms with van der Waals surface area (Å²) in [6.07, 6.45) is 7.24. The van der Waals surface area contributed by atoms with Crippen LogP contribution < -0.4 is 10.2 Å². The molecular formula is C35H45N5O6. The van der Waals surface area contributed by atoms with Crippen molar-refractivity contribution in [3.8, 4) is 0 Å². The molecule has 0 saturated carbocycles. The van der Waals surface area contributed by atoms with Crippen molar-refractivity contribution in [3.05, 3.63) is 89.2 Å². The molecule has 2 saturated heterocycles. The lowest BCUT2D eigenvalue weighted by atomic mass is 9.99. The molecule has 0 radical (unpaired) electrons. The molecule has 3 aromatic rings. The highest BCUT2D eigenvalue weighted by Crippen LogP contribution is 2.38. The molecule has 1 aromatic heterocycles. The van der Waals surface area contributed by atoms with Gasteiger partial charge in [-0.1, -0.05) is 61.4 Å². The number of rotatable bonds is 15. The highest BCUT2D eigenvalue weighted by Gasteiger charge is 2.34. The van der Waals surface area contributed by atoms with Crippen LogP contribution in [-0.2, 0) is 32.2 Å². The average Bonchev–Trinajstić information content (AvgIpc) is 3.09. The van der Waals surface area contributed by atoms with Gasteiger partial charge in [0, 0.05) is 76.5 Å². The van der Waals surface area contributed by atoms with Crippen molar-refractivity contribution in [1.29, 1.82) is 0 Å². The molecule has 2 fully saturated rings. The summed E-state index contributed by atoms with van der Waals surface area (Å²) in [6.45, 7) is 4.73. The summed E-state index contributed by atoms with van der Waals surface area (Å²) in [5.41, 5.74) is 3.83. The van der Waals surface area contributed by atoms with Gasteiger partial charge in [-0.3, -0.25) is 14.5 Å². The lowest BCUT2D eigenvalue weighted by molar-refractivity contribution is -0.253. The molecule has 0 unspecified atom stereocenters. The SMILES string of the molecule is O=C(O)CCCCCCC(=O)NCc1ccc([C@@H]2O[C@H](CN3CCN(c4ncccn4)CC3)C[C@H](c3ccc(CO)cc3)O2)cc1. The Morgan fingerprint density at radius 2 is 1.48 bits per heavy atom. The Labute approximate surface area is 270 Å². The Morgan fingerprint density at radius 3 is 2.15 bits per heavy atom. The number of carboxylic acid groups (broad SMARTS) is 1. The van der Waals surface area contributed by atoms with E-state index in [9.17, 15) is 14.7 Å². The van der Waals surface area contributed by atoms with Gasteiger partial charge < -0.3 is 29.9 Å². The van der Waals surface area contributed by atoms with Crippen molar-refractivity contribution in [2.45, 2.75) is 76.6 Å². The Bertz CT molecular complexity index is 1370. The third-order valence-corrected chi connectivity index (χ3v) is 8.57. The van der Waals surface area contributed by atoms with E-state index in [1.54, 1.807) is 12.4 Å². The number of carbonyl (C=O) groups is 2. The molecule has 0 spiro atoms. The van der Waals surface area contributed by atoms with Gasteiger partial charge in [0.1, 0.15) is 0 Å². The number of aliphatic carboxylic acids is 1. The Balaban J connectivity index is 1.15. The van der Waals surface area contributed by atoms with E-state index >= 15 is 0 Å².